The van der Waals surface area contributed by atoms with Gasteiger partial charge in [0.15, 0.2) is 0 Å². The lowest BCUT2D eigenvalue weighted by molar-refractivity contribution is -0.144. The lowest BCUT2D eigenvalue weighted by Gasteiger charge is -2.32. The maximum Gasteiger partial charge on any atom is 0.325 e. The molecule has 1 atom stereocenters. The monoisotopic (exact) mass is 254 g/mol. The van der Waals surface area contributed by atoms with Crippen LogP contribution in [-0.2, 0) is 19.1 Å². The first-order chi connectivity index (χ1) is 8.69. The molecule has 1 N–H and O–H groups in total. The van der Waals surface area contributed by atoms with Crippen molar-refractivity contribution in [3.63, 3.8) is 0 Å². The molecule has 1 aliphatic rings. The van der Waals surface area contributed by atoms with Crippen LogP contribution < -0.4 is 5.32 Å². The number of nitrogens with one attached hydrogen (secondary N) is 1. The molecule has 100 valence electrons. The third-order valence-corrected chi connectivity index (χ3v) is 2.55. The summed E-state index contributed by atoms with van der Waals surface area (Å²) in [6.45, 7) is 3.73. The third kappa shape index (κ3) is 4.35. The molecule has 6 nitrogen and oxygen atoms in total. The van der Waals surface area contributed by atoms with Crippen LogP contribution in [0.15, 0.2) is 0 Å². The Hall–Kier alpha value is -1.58. The van der Waals surface area contributed by atoms with Gasteiger partial charge < -0.3 is 14.8 Å². The molecule has 0 aromatic carbocycles. The van der Waals surface area contributed by atoms with Gasteiger partial charge in [-0.3, -0.25) is 14.5 Å². The Labute approximate surface area is 107 Å². The van der Waals surface area contributed by atoms with Crippen LogP contribution in [0.5, 0.6) is 0 Å². The average Bonchev–Trinajstić information content (AvgIpc) is 2.37. The standard InChI is InChI=1S/C12H18N2O4/c1-3-5-14-6-7-17-9-10(14)12(16)13-8-11(15)18-4-2/h1,10H,4-9H2,2H3,(H,13,16)/t10-/m0/s1. The summed E-state index contributed by atoms with van der Waals surface area (Å²) < 4.78 is 9.97. The van der Waals surface area contributed by atoms with Crippen molar-refractivity contribution in [2.45, 2.75) is 13.0 Å². The molecule has 0 aromatic heterocycles. The summed E-state index contributed by atoms with van der Waals surface area (Å²) in [6, 6.07) is -0.441. The Kier molecular flexibility index (Phi) is 6.19. The number of carbonyl (C=O) groups excluding carboxylic acids is 2. The number of carbonyl (C=O) groups is 2. The van der Waals surface area contributed by atoms with Gasteiger partial charge in [0.05, 0.1) is 26.4 Å². The molecule has 1 saturated heterocycles. The fourth-order valence-electron chi connectivity index (χ4n) is 1.68. The predicted octanol–water partition coefficient (Wildman–Crippen LogP) is -1.00. The second-order valence-electron chi connectivity index (χ2n) is 3.79. The third-order valence-electron chi connectivity index (χ3n) is 2.55. The number of morpholine rings is 1. The highest BCUT2D eigenvalue weighted by molar-refractivity contribution is 5.85. The van der Waals surface area contributed by atoms with Gasteiger partial charge in [0, 0.05) is 6.54 Å². The Morgan fingerprint density at radius 2 is 2.39 bits per heavy atom. The van der Waals surface area contributed by atoms with E-state index in [-0.39, 0.29) is 19.1 Å². The number of esters is 1. The smallest absolute Gasteiger partial charge is 0.325 e. The number of terminal acetylenes is 1. The minimum atomic E-state index is -0.453. The Balaban J connectivity index is 2.43. The van der Waals surface area contributed by atoms with E-state index in [1.807, 2.05) is 4.90 Å². The lowest BCUT2D eigenvalue weighted by Crippen LogP contribution is -2.54. The Morgan fingerprint density at radius 1 is 1.61 bits per heavy atom. The van der Waals surface area contributed by atoms with Crippen molar-refractivity contribution < 1.29 is 19.1 Å². The summed E-state index contributed by atoms with van der Waals surface area (Å²) in [5.74, 6) is 1.79. The fraction of sp³-hybridized carbons (Fsp3) is 0.667. The molecule has 1 aliphatic heterocycles. The highest BCUT2D eigenvalue weighted by atomic mass is 16.5. The molecule has 0 unspecified atom stereocenters. The summed E-state index contributed by atoms with van der Waals surface area (Å²) in [7, 11) is 0. The van der Waals surface area contributed by atoms with Crippen molar-refractivity contribution in [3.8, 4) is 12.3 Å². The van der Waals surface area contributed by atoms with Gasteiger partial charge in [0.25, 0.3) is 0 Å². The zero-order chi connectivity index (χ0) is 13.4. The number of amides is 1. The van der Waals surface area contributed by atoms with Crippen LogP contribution in [0.25, 0.3) is 0 Å². The average molecular weight is 254 g/mol. The first kappa shape index (κ1) is 14.5. The van der Waals surface area contributed by atoms with Crippen LogP contribution in [0, 0.1) is 12.3 Å². The van der Waals surface area contributed by atoms with Crippen LogP contribution in [0.1, 0.15) is 6.92 Å². The number of ether oxygens (including phenoxy) is 2. The van der Waals surface area contributed by atoms with Crippen molar-refractivity contribution in [1.82, 2.24) is 10.2 Å². The topological polar surface area (TPSA) is 67.9 Å². The van der Waals surface area contributed by atoms with Crippen molar-refractivity contribution in [1.29, 1.82) is 0 Å². The van der Waals surface area contributed by atoms with E-state index in [0.717, 1.165) is 0 Å². The highest BCUT2D eigenvalue weighted by Gasteiger charge is 2.28. The van der Waals surface area contributed by atoms with E-state index in [1.54, 1.807) is 6.92 Å². The quantitative estimate of drug-likeness (QED) is 0.503. The summed E-state index contributed by atoms with van der Waals surface area (Å²) >= 11 is 0. The number of nitrogens with zero attached hydrogens (tertiary/aromatic N) is 1. The van der Waals surface area contributed by atoms with Gasteiger partial charge in [-0.05, 0) is 6.92 Å². The molecular weight excluding hydrogens is 236 g/mol. The van der Waals surface area contributed by atoms with E-state index in [2.05, 4.69) is 11.2 Å². The molecule has 1 rings (SSSR count). The van der Waals surface area contributed by atoms with Crippen molar-refractivity contribution in [2.75, 3.05) is 39.5 Å². The summed E-state index contributed by atoms with van der Waals surface area (Å²) in [5.41, 5.74) is 0. The van der Waals surface area contributed by atoms with E-state index >= 15 is 0 Å². The fourth-order valence-corrected chi connectivity index (χ4v) is 1.68. The molecule has 1 heterocycles. The molecule has 0 spiro atoms. The molecule has 0 radical (unpaired) electrons. The molecule has 1 fully saturated rings. The minimum absolute atomic E-state index is 0.132. The molecule has 0 saturated carbocycles. The van der Waals surface area contributed by atoms with Crippen LogP contribution in [0.3, 0.4) is 0 Å². The van der Waals surface area contributed by atoms with E-state index in [4.69, 9.17) is 15.9 Å². The molecule has 0 aliphatic carbocycles. The Morgan fingerprint density at radius 3 is 3.06 bits per heavy atom. The normalized spacial score (nSPS) is 19.9. The molecule has 1 amide bonds. The van der Waals surface area contributed by atoms with Crippen LogP contribution in [0.4, 0.5) is 0 Å². The second-order valence-corrected chi connectivity index (χ2v) is 3.79. The molecule has 18 heavy (non-hydrogen) atoms. The zero-order valence-corrected chi connectivity index (χ0v) is 10.5. The number of hydrogen-bond donors (Lipinski definition) is 1. The van der Waals surface area contributed by atoms with Gasteiger partial charge >= 0.3 is 5.97 Å². The minimum Gasteiger partial charge on any atom is -0.465 e. The van der Waals surface area contributed by atoms with Crippen molar-refractivity contribution in [2.24, 2.45) is 0 Å². The molecular formula is C12H18N2O4. The van der Waals surface area contributed by atoms with Gasteiger partial charge in [-0.25, -0.2) is 0 Å². The van der Waals surface area contributed by atoms with Gasteiger partial charge in [-0.1, -0.05) is 5.92 Å². The van der Waals surface area contributed by atoms with Crippen LogP contribution >= 0.6 is 0 Å². The maximum absolute atomic E-state index is 11.9. The van der Waals surface area contributed by atoms with Gasteiger partial charge in [0.2, 0.25) is 5.91 Å². The number of rotatable bonds is 5. The van der Waals surface area contributed by atoms with Crippen molar-refractivity contribution >= 4 is 11.9 Å². The molecule has 0 bridgehead atoms. The first-order valence-corrected chi connectivity index (χ1v) is 5.87. The van der Waals surface area contributed by atoms with E-state index in [9.17, 15) is 9.59 Å². The lowest BCUT2D eigenvalue weighted by atomic mass is 10.2. The van der Waals surface area contributed by atoms with E-state index < -0.39 is 12.0 Å². The summed E-state index contributed by atoms with van der Waals surface area (Å²) in [6.07, 6.45) is 5.25. The molecule has 0 aromatic rings. The van der Waals surface area contributed by atoms with Crippen molar-refractivity contribution in [3.05, 3.63) is 0 Å². The maximum atomic E-state index is 11.9. The van der Waals surface area contributed by atoms with E-state index in [1.165, 1.54) is 0 Å². The summed E-state index contributed by atoms with van der Waals surface area (Å²) in [4.78, 5) is 24.9. The van der Waals surface area contributed by atoms with Gasteiger partial charge in [-0.15, -0.1) is 6.42 Å². The SMILES string of the molecule is C#CCN1CCOC[C@H]1C(=O)NCC(=O)OCC. The van der Waals surface area contributed by atoms with Gasteiger partial charge in [-0.2, -0.15) is 0 Å². The predicted molar refractivity (Wildman–Crippen MR) is 64.7 cm³/mol. The van der Waals surface area contributed by atoms with Crippen LogP contribution in [0.2, 0.25) is 0 Å². The van der Waals surface area contributed by atoms with Crippen LogP contribution in [-0.4, -0.2) is 62.3 Å². The zero-order valence-electron chi connectivity index (χ0n) is 10.5. The first-order valence-electron chi connectivity index (χ1n) is 5.87. The van der Waals surface area contributed by atoms with E-state index in [0.29, 0.717) is 26.3 Å². The highest BCUT2D eigenvalue weighted by Crippen LogP contribution is 2.06. The van der Waals surface area contributed by atoms with Gasteiger partial charge in [0.1, 0.15) is 12.6 Å². The number of hydrogen-bond acceptors (Lipinski definition) is 5. The second kappa shape index (κ2) is 7.69. The Bertz CT molecular complexity index is 337. The largest absolute Gasteiger partial charge is 0.465 e. The summed E-state index contributed by atoms with van der Waals surface area (Å²) in [5, 5.41) is 2.52. The molecule has 6 heteroatoms.